The second-order valence-corrected chi connectivity index (χ2v) is 10.3. The van der Waals surface area contributed by atoms with E-state index in [2.05, 4.69) is 15.2 Å². The number of imidazole rings is 1. The van der Waals surface area contributed by atoms with E-state index >= 15 is 0 Å². The molecule has 39 heavy (non-hydrogen) atoms. The van der Waals surface area contributed by atoms with E-state index in [1.807, 2.05) is 30.6 Å². The number of fused-ring (bicyclic) bond motifs is 1. The molecule has 0 atom stereocenters. The molecule has 0 unspecified atom stereocenters. The quantitative estimate of drug-likeness (QED) is 0.196. The minimum absolute atomic E-state index is 0.280. The fraction of sp³-hybridized carbons (Fsp3) is 0.481. The number of morpholine rings is 1. The van der Waals surface area contributed by atoms with Gasteiger partial charge in [-0.05, 0) is 31.9 Å². The standard InChI is InChI=1S/C27H36N6O5S/c1-4-20-24(39-18(2)29-20)25(34)31-27-30-21-16-19(26(35)36-3)17-22(23(21)33(27)10-6-5-8-28)38-13-7-9-32-11-14-37-15-12-32/h5-6,16-17H,4,7-15,28H2,1-3H3,(H,30,31,34)/b6-5+. The molecule has 12 heteroatoms. The summed E-state index contributed by atoms with van der Waals surface area (Å²) in [5.41, 5.74) is 7.92. The van der Waals surface area contributed by atoms with Gasteiger partial charge in [-0.25, -0.2) is 14.8 Å². The maximum absolute atomic E-state index is 13.3. The number of carbonyl (C=O) groups excluding carboxylic acids is 2. The predicted molar refractivity (Wildman–Crippen MR) is 151 cm³/mol. The number of thiazole rings is 1. The van der Waals surface area contributed by atoms with Crippen molar-refractivity contribution in [2.75, 3.05) is 58.4 Å². The Hall–Kier alpha value is -3.32. The molecule has 1 fully saturated rings. The molecule has 11 nitrogen and oxygen atoms in total. The van der Waals surface area contributed by atoms with E-state index in [0.29, 0.717) is 59.3 Å². The summed E-state index contributed by atoms with van der Waals surface area (Å²) in [7, 11) is 1.33. The van der Waals surface area contributed by atoms with Crippen LogP contribution in [0.1, 0.15) is 44.1 Å². The lowest BCUT2D eigenvalue weighted by Crippen LogP contribution is -2.37. The number of methoxy groups -OCH3 is 1. The van der Waals surface area contributed by atoms with Crippen molar-refractivity contribution in [3.8, 4) is 5.75 Å². The van der Waals surface area contributed by atoms with E-state index in [9.17, 15) is 9.59 Å². The molecule has 1 aromatic carbocycles. The molecule has 1 saturated heterocycles. The Balaban J connectivity index is 1.67. The number of aromatic nitrogens is 3. The maximum atomic E-state index is 13.3. The summed E-state index contributed by atoms with van der Waals surface area (Å²) >= 11 is 1.35. The summed E-state index contributed by atoms with van der Waals surface area (Å²) in [5, 5.41) is 3.79. The first kappa shape index (κ1) is 28.7. The van der Waals surface area contributed by atoms with Gasteiger partial charge in [-0.1, -0.05) is 19.1 Å². The predicted octanol–water partition coefficient (Wildman–Crippen LogP) is 3.02. The van der Waals surface area contributed by atoms with Gasteiger partial charge in [0.15, 0.2) is 0 Å². The van der Waals surface area contributed by atoms with Crippen LogP contribution in [-0.2, 0) is 22.4 Å². The topological polar surface area (TPSA) is 134 Å². The van der Waals surface area contributed by atoms with Crippen molar-refractivity contribution in [3.05, 3.63) is 45.4 Å². The first-order valence-electron chi connectivity index (χ1n) is 13.1. The van der Waals surface area contributed by atoms with Crippen LogP contribution in [0.2, 0.25) is 0 Å². The average Bonchev–Trinajstić information content (AvgIpc) is 3.50. The Morgan fingerprint density at radius 2 is 2.03 bits per heavy atom. The number of rotatable bonds is 12. The van der Waals surface area contributed by atoms with Crippen molar-refractivity contribution in [2.24, 2.45) is 5.73 Å². The third kappa shape index (κ3) is 7.01. The first-order valence-corrected chi connectivity index (χ1v) is 13.9. The minimum Gasteiger partial charge on any atom is -0.491 e. The summed E-state index contributed by atoms with van der Waals surface area (Å²) in [6, 6.07) is 3.32. The fourth-order valence-corrected chi connectivity index (χ4v) is 5.37. The number of ether oxygens (including phenoxy) is 3. The molecule has 0 aliphatic carbocycles. The molecule has 0 saturated carbocycles. The van der Waals surface area contributed by atoms with E-state index in [-0.39, 0.29) is 5.91 Å². The average molecular weight is 557 g/mol. The van der Waals surface area contributed by atoms with E-state index in [4.69, 9.17) is 24.9 Å². The van der Waals surface area contributed by atoms with Gasteiger partial charge < -0.3 is 24.5 Å². The smallest absolute Gasteiger partial charge is 0.338 e. The highest BCUT2D eigenvalue weighted by Crippen LogP contribution is 2.32. The van der Waals surface area contributed by atoms with E-state index in [1.165, 1.54) is 18.4 Å². The summed E-state index contributed by atoms with van der Waals surface area (Å²) in [4.78, 5) is 37.8. The van der Waals surface area contributed by atoms with Crippen LogP contribution in [0, 0.1) is 6.92 Å². The van der Waals surface area contributed by atoms with Crippen LogP contribution in [0.15, 0.2) is 24.3 Å². The fourth-order valence-electron chi connectivity index (χ4n) is 4.47. The van der Waals surface area contributed by atoms with Crippen LogP contribution in [0.3, 0.4) is 0 Å². The van der Waals surface area contributed by atoms with Gasteiger partial charge in [0.2, 0.25) is 5.95 Å². The number of anilines is 1. The summed E-state index contributed by atoms with van der Waals surface area (Å²) in [5.74, 6) is 0.0563. The SMILES string of the molecule is CCc1nc(C)sc1C(=O)Nc1nc2cc(C(=O)OC)cc(OCCCN3CCOCC3)c2n1C/C=C/CN. The molecule has 2 aromatic heterocycles. The number of esters is 1. The highest BCUT2D eigenvalue weighted by molar-refractivity contribution is 7.13. The molecule has 0 spiro atoms. The van der Waals surface area contributed by atoms with Crippen molar-refractivity contribution in [1.29, 1.82) is 0 Å². The minimum atomic E-state index is -0.494. The Labute approximate surface area is 231 Å². The molecule has 0 radical (unpaired) electrons. The Morgan fingerprint density at radius 1 is 1.23 bits per heavy atom. The number of hydrogen-bond donors (Lipinski definition) is 2. The number of aryl methyl sites for hydroxylation is 2. The van der Waals surface area contributed by atoms with Crippen LogP contribution in [0.4, 0.5) is 5.95 Å². The maximum Gasteiger partial charge on any atom is 0.338 e. The van der Waals surface area contributed by atoms with Gasteiger partial charge in [0, 0.05) is 32.7 Å². The van der Waals surface area contributed by atoms with Gasteiger partial charge in [0.05, 0.1) is 48.7 Å². The number of amides is 1. The molecule has 210 valence electrons. The molecule has 3 heterocycles. The number of hydrogen-bond acceptors (Lipinski definition) is 10. The second kappa shape index (κ2) is 13.7. The van der Waals surface area contributed by atoms with Crippen molar-refractivity contribution in [1.82, 2.24) is 19.4 Å². The molecule has 3 N–H and O–H groups in total. The normalized spacial score (nSPS) is 14.3. The van der Waals surface area contributed by atoms with Crippen molar-refractivity contribution < 1.29 is 23.8 Å². The zero-order valence-corrected chi connectivity index (χ0v) is 23.5. The zero-order chi connectivity index (χ0) is 27.8. The summed E-state index contributed by atoms with van der Waals surface area (Å²) < 4.78 is 18.5. The van der Waals surface area contributed by atoms with E-state index < -0.39 is 5.97 Å². The summed E-state index contributed by atoms with van der Waals surface area (Å²) in [6.07, 6.45) is 5.19. The highest BCUT2D eigenvalue weighted by atomic mass is 32.1. The van der Waals surface area contributed by atoms with Crippen LogP contribution in [0.25, 0.3) is 11.0 Å². The van der Waals surface area contributed by atoms with Crippen LogP contribution in [-0.4, -0.2) is 84.4 Å². The van der Waals surface area contributed by atoms with E-state index in [1.54, 1.807) is 12.1 Å². The Bertz CT molecular complexity index is 1330. The van der Waals surface area contributed by atoms with Crippen LogP contribution < -0.4 is 15.8 Å². The zero-order valence-electron chi connectivity index (χ0n) is 22.7. The van der Waals surface area contributed by atoms with Crippen molar-refractivity contribution in [3.63, 3.8) is 0 Å². The van der Waals surface area contributed by atoms with Gasteiger partial charge in [0.1, 0.15) is 16.1 Å². The molecule has 4 rings (SSSR count). The molecule has 1 amide bonds. The van der Waals surface area contributed by atoms with Gasteiger partial charge in [-0.3, -0.25) is 15.0 Å². The number of nitrogens with zero attached hydrogens (tertiary/aromatic N) is 4. The van der Waals surface area contributed by atoms with Crippen molar-refractivity contribution >= 4 is 40.2 Å². The number of nitrogens with one attached hydrogen (secondary N) is 1. The number of allylic oxidation sites excluding steroid dienone is 1. The molecule has 1 aliphatic rings. The summed E-state index contributed by atoms with van der Waals surface area (Å²) in [6.45, 7) is 9.26. The van der Waals surface area contributed by atoms with Gasteiger partial charge in [-0.15, -0.1) is 11.3 Å². The van der Waals surface area contributed by atoms with Gasteiger partial charge >= 0.3 is 5.97 Å². The highest BCUT2D eigenvalue weighted by Gasteiger charge is 2.23. The lowest BCUT2D eigenvalue weighted by molar-refractivity contribution is 0.0358. The third-order valence-electron chi connectivity index (χ3n) is 6.37. The number of benzene rings is 1. The second-order valence-electron chi connectivity index (χ2n) is 9.06. The molecule has 1 aliphatic heterocycles. The molecular formula is C27H36N6O5S. The van der Waals surface area contributed by atoms with Gasteiger partial charge in [0.25, 0.3) is 5.91 Å². The van der Waals surface area contributed by atoms with Crippen LogP contribution >= 0.6 is 11.3 Å². The Kier molecular flexibility index (Phi) is 10.0. The molecule has 3 aromatic rings. The van der Waals surface area contributed by atoms with Crippen molar-refractivity contribution in [2.45, 2.75) is 33.2 Å². The first-order chi connectivity index (χ1) is 18.9. The largest absolute Gasteiger partial charge is 0.491 e. The molecule has 0 bridgehead atoms. The van der Waals surface area contributed by atoms with Gasteiger partial charge in [-0.2, -0.15) is 0 Å². The molecular weight excluding hydrogens is 520 g/mol. The lowest BCUT2D eigenvalue weighted by Gasteiger charge is -2.26. The monoisotopic (exact) mass is 556 g/mol. The Morgan fingerprint density at radius 3 is 2.74 bits per heavy atom. The third-order valence-corrected chi connectivity index (χ3v) is 7.38. The number of nitrogens with two attached hydrogens (primary N) is 1. The number of carbonyl (C=O) groups is 2. The van der Waals surface area contributed by atoms with Crippen LogP contribution in [0.5, 0.6) is 5.75 Å². The van der Waals surface area contributed by atoms with E-state index in [0.717, 1.165) is 50.0 Å². The lowest BCUT2D eigenvalue weighted by atomic mass is 10.2.